The summed E-state index contributed by atoms with van der Waals surface area (Å²) < 4.78 is 0. The van der Waals surface area contributed by atoms with Crippen LogP contribution in [0.2, 0.25) is 0 Å². The van der Waals surface area contributed by atoms with E-state index in [1.165, 1.54) is 0 Å². The lowest BCUT2D eigenvalue weighted by atomic mass is 10.2. The summed E-state index contributed by atoms with van der Waals surface area (Å²) in [7, 11) is 0. The van der Waals surface area contributed by atoms with E-state index in [9.17, 15) is 9.59 Å². The summed E-state index contributed by atoms with van der Waals surface area (Å²) in [5, 5.41) is 11.6. The van der Waals surface area contributed by atoms with Crippen LogP contribution in [0.25, 0.3) is 0 Å². The lowest BCUT2D eigenvalue weighted by Crippen LogP contribution is -2.48. The molecule has 0 spiro atoms. The van der Waals surface area contributed by atoms with Crippen LogP contribution < -0.4 is 5.32 Å². The van der Waals surface area contributed by atoms with Gasteiger partial charge in [-0.15, -0.1) is 12.4 Å². The SMILES string of the molecule is CCCN(CC(=O)O)C(C)C(=O)NCC(C)C.Cl. The Labute approximate surface area is 115 Å². The van der Waals surface area contributed by atoms with Crippen LogP contribution in [0, 0.1) is 5.92 Å². The average Bonchev–Trinajstić information content (AvgIpc) is 2.23. The Morgan fingerprint density at radius 2 is 1.83 bits per heavy atom. The van der Waals surface area contributed by atoms with Crippen molar-refractivity contribution in [2.45, 2.75) is 40.2 Å². The van der Waals surface area contributed by atoms with E-state index in [1.54, 1.807) is 11.8 Å². The summed E-state index contributed by atoms with van der Waals surface area (Å²) in [5.74, 6) is -0.611. The zero-order valence-corrected chi connectivity index (χ0v) is 12.4. The van der Waals surface area contributed by atoms with Crippen molar-refractivity contribution in [3.05, 3.63) is 0 Å². The highest BCUT2D eigenvalue weighted by Crippen LogP contribution is 2.01. The lowest BCUT2D eigenvalue weighted by molar-refractivity contribution is -0.139. The van der Waals surface area contributed by atoms with Crippen LogP contribution in [0.4, 0.5) is 0 Å². The van der Waals surface area contributed by atoms with Crippen molar-refractivity contribution in [3.8, 4) is 0 Å². The van der Waals surface area contributed by atoms with Gasteiger partial charge in [0.15, 0.2) is 0 Å². The van der Waals surface area contributed by atoms with Gasteiger partial charge in [0.25, 0.3) is 0 Å². The molecule has 0 saturated heterocycles. The van der Waals surface area contributed by atoms with Crippen molar-refractivity contribution in [2.75, 3.05) is 19.6 Å². The van der Waals surface area contributed by atoms with Crippen molar-refractivity contribution in [3.63, 3.8) is 0 Å². The normalized spacial score (nSPS) is 12.1. The molecule has 0 heterocycles. The van der Waals surface area contributed by atoms with Crippen molar-refractivity contribution in [1.29, 1.82) is 0 Å². The van der Waals surface area contributed by atoms with Gasteiger partial charge < -0.3 is 10.4 Å². The third kappa shape index (κ3) is 8.31. The highest BCUT2D eigenvalue weighted by atomic mass is 35.5. The highest BCUT2D eigenvalue weighted by Gasteiger charge is 2.22. The summed E-state index contributed by atoms with van der Waals surface area (Å²) in [4.78, 5) is 24.2. The molecule has 108 valence electrons. The van der Waals surface area contributed by atoms with Gasteiger partial charge in [-0.3, -0.25) is 14.5 Å². The van der Waals surface area contributed by atoms with E-state index in [2.05, 4.69) is 5.32 Å². The molecular weight excluding hydrogens is 256 g/mol. The minimum absolute atomic E-state index is 0. The van der Waals surface area contributed by atoms with E-state index in [-0.39, 0.29) is 24.9 Å². The smallest absolute Gasteiger partial charge is 0.317 e. The number of carbonyl (C=O) groups is 2. The summed E-state index contributed by atoms with van der Waals surface area (Å²) in [5.41, 5.74) is 0. The zero-order chi connectivity index (χ0) is 13.4. The number of halogens is 1. The number of nitrogens with zero attached hydrogens (tertiary/aromatic N) is 1. The van der Waals surface area contributed by atoms with Crippen LogP contribution in [-0.4, -0.2) is 47.6 Å². The van der Waals surface area contributed by atoms with E-state index in [1.807, 2.05) is 20.8 Å². The van der Waals surface area contributed by atoms with Gasteiger partial charge in [-0.05, 0) is 25.8 Å². The van der Waals surface area contributed by atoms with Gasteiger partial charge in [0.05, 0.1) is 12.6 Å². The van der Waals surface area contributed by atoms with E-state index < -0.39 is 12.0 Å². The van der Waals surface area contributed by atoms with E-state index in [4.69, 9.17) is 5.11 Å². The minimum atomic E-state index is -0.901. The quantitative estimate of drug-likeness (QED) is 0.704. The first-order valence-corrected chi connectivity index (χ1v) is 6.12. The topological polar surface area (TPSA) is 69.6 Å². The third-order valence-electron chi connectivity index (χ3n) is 2.46. The fourth-order valence-electron chi connectivity index (χ4n) is 1.49. The Kier molecular flexibility index (Phi) is 11.0. The van der Waals surface area contributed by atoms with E-state index in [0.717, 1.165) is 6.42 Å². The minimum Gasteiger partial charge on any atom is -0.480 e. The summed E-state index contributed by atoms with van der Waals surface area (Å²) >= 11 is 0. The maximum Gasteiger partial charge on any atom is 0.317 e. The highest BCUT2D eigenvalue weighted by molar-refractivity contribution is 5.85. The maximum absolute atomic E-state index is 11.8. The predicted octanol–water partition coefficient (Wildman–Crippen LogP) is 1.37. The molecule has 2 N–H and O–H groups in total. The molecule has 18 heavy (non-hydrogen) atoms. The van der Waals surface area contributed by atoms with Gasteiger partial charge in [-0.25, -0.2) is 0 Å². The summed E-state index contributed by atoms with van der Waals surface area (Å²) in [6.45, 7) is 8.89. The number of rotatable bonds is 8. The molecule has 0 saturated carbocycles. The van der Waals surface area contributed by atoms with Gasteiger partial charge in [-0.1, -0.05) is 20.8 Å². The fraction of sp³-hybridized carbons (Fsp3) is 0.833. The summed E-state index contributed by atoms with van der Waals surface area (Å²) in [6.07, 6.45) is 0.828. The molecule has 0 aliphatic carbocycles. The van der Waals surface area contributed by atoms with Crippen LogP contribution in [0.15, 0.2) is 0 Å². The molecule has 0 aliphatic rings. The number of carboxylic acids is 1. The fourth-order valence-corrected chi connectivity index (χ4v) is 1.49. The predicted molar refractivity (Wildman–Crippen MR) is 74.1 cm³/mol. The Hall–Kier alpha value is -0.810. The number of hydrogen-bond acceptors (Lipinski definition) is 3. The molecule has 1 amide bonds. The first kappa shape index (κ1) is 19.5. The third-order valence-corrected chi connectivity index (χ3v) is 2.46. The lowest BCUT2D eigenvalue weighted by Gasteiger charge is -2.26. The summed E-state index contributed by atoms with van der Waals surface area (Å²) in [6, 6.07) is -0.398. The molecule has 0 fully saturated rings. The number of amides is 1. The number of aliphatic carboxylic acids is 1. The van der Waals surface area contributed by atoms with Crippen molar-refractivity contribution in [2.24, 2.45) is 5.92 Å². The molecule has 1 unspecified atom stereocenters. The molecule has 5 nitrogen and oxygen atoms in total. The molecule has 0 aromatic heterocycles. The van der Waals surface area contributed by atoms with Crippen molar-refractivity contribution >= 4 is 24.3 Å². The Morgan fingerprint density at radius 3 is 2.22 bits per heavy atom. The van der Waals surface area contributed by atoms with Gasteiger partial charge in [0.1, 0.15) is 0 Å². The van der Waals surface area contributed by atoms with E-state index in [0.29, 0.717) is 19.0 Å². The number of hydrogen-bond donors (Lipinski definition) is 2. The molecular formula is C12H25ClN2O3. The molecule has 1 atom stereocenters. The maximum atomic E-state index is 11.8. The molecule has 6 heteroatoms. The van der Waals surface area contributed by atoms with Gasteiger partial charge >= 0.3 is 5.97 Å². The molecule has 0 rings (SSSR count). The van der Waals surface area contributed by atoms with Gasteiger partial charge in [-0.2, -0.15) is 0 Å². The van der Waals surface area contributed by atoms with Crippen LogP contribution in [0.3, 0.4) is 0 Å². The Balaban J connectivity index is 0. The second kappa shape index (κ2) is 10.1. The second-order valence-electron chi connectivity index (χ2n) is 4.68. The number of carboxylic acid groups (broad SMARTS) is 1. The van der Waals surface area contributed by atoms with Crippen LogP contribution in [-0.2, 0) is 9.59 Å². The van der Waals surface area contributed by atoms with Crippen molar-refractivity contribution in [1.82, 2.24) is 10.2 Å². The van der Waals surface area contributed by atoms with Crippen LogP contribution in [0.1, 0.15) is 34.1 Å². The number of nitrogens with one attached hydrogen (secondary N) is 1. The monoisotopic (exact) mass is 280 g/mol. The Morgan fingerprint density at radius 1 is 1.28 bits per heavy atom. The standard InChI is InChI=1S/C12H24N2O3.ClH/c1-5-6-14(8-11(15)16)10(4)12(17)13-7-9(2)3;/h9-10H,5-8H2,1-4H3,(H,13,17)(H,15,16);1H. The van der Waals surface area contributed by atoms with Gasteiger partial charge in [0.2, 0.25) is 5.91 Å². The largest absolute Gasteiger partial charge is 0.480 e. The van der Waals surface area contributed by atoms with Gasteiger partial charge in [0, 0.05) is 6.54 Å². The Bertz CT molecular complexity index is 260. The second-order valence-corrected chi connectivity index (χ2v) is 4.68. The average molecular weight is 281 g/mol. The molecule has 0 aromatic carbocycles. The van der Waals surface area contributed by atoms with Crippen LogP contribution >= 0.6 is 12.4 Å². The zero-order valence-electron chi connectivity index (χ0n) is 11.6. The first-order chi connectivity index (χ1) is 7.88. The van der Waals surface area contributed by atoms with Crippen molar-refractivity contribution < 1.29 is 14.7 Å². The molecule has 0 radical (unpaired) electrons. The van der Waals surface area contributed by atoms with Crippen LogP contribution in [0.5, 0.6) is 0 Å². The molecule has 0 bridgehead atoms. The van der Waals surface area contributed by atoms with E-state index >= 15 is 0 Å². The number of carbonyl (C=O) groups excluding carboxylic acids is 1. The first-order valence-electron chi connectivity index (χ1n) is 6.12. The molecule has 0 aliphatic heterocycles. The molecule has 0 aromatic rings.